The van der Waals surface area contributed by atoms with E-state index in [2.05, 4.69) is 27.8 Å². The van der Waals surface area contributed by atoms with Gasteiger partial charge in [-0.2, -0.15) is 0 Å². The number of rotatable bonds is 8. The molecule has 6 nitrogen and oxygen atoms in total. The van der Waals surface area contributed by atoms with Crippen molar-refractivity contribution in [3.8, 4) is 0 Å². The highest BCUT2D eigenvalue weighted by Gasteiger charge is 2.04. The predicted octanol–water partition coefficient (Wildman–Crippen LogP) is 4.06. The van der Waals surface area contributed by atoms with E-state index in [0.29, 0.717) is 6.54 Å². The van der Waals surface area contributed by atoms with Crippen LogP contribution in [-0.4, -0.2) is 29.7 Å². The molecule has 0 unspecified atom stereocenters. The molecule has 0 aliphatic rings. The lowest BCUT2D eigenvalue weighted by Gasteiger charge is -2.11. The summed E-state index contributed by atoms with van der Waals surface area (Å²) in [5.74, 6) is 1.68. The molecule has 2 aromatic carbocycles. The molecule has 0 aliphatic carbocycles. The third-order valence-electron chi connectivity index (χ3n) is 3.32. The Kier molecular flexibility index (Phi) is 10.7. The normalized spacial score (nSPS) is 10.7. The fourth-order valence-electron chi connectivity index (χ4n) is 2.09. The van der Waals surface area contributed by atoms with Gasteiger partial charge in [-0.25, -0.2) is 4.99 Å². The Morgan fingerprint density at radius 2 is 1.81 bits per heavy atom. The van der Waals surface area contributed by atoms with E-state index < -0.39 is 4.92 Å². The average molecular weight is 486 g/mol. The molecule has 0 aliphatic heterocycles. The zero-order valence-electron chi connectivity index (χ0n) is 14.6. The number of nitrogens with one attached hydrogen (secondary N) is 2. The highest BCUT2D eigenvalue weighted by atomic mass is 127. The summed E-state index contributed by atoms with van der Waals surface area (Å²) in [5.41, 5.74) is 1.03. The zero-order valence-corrected chi connectivity index (χ0v) is 17.7. The number of aliphatic imine (C=N–C) groups is 1. The number of hydrogen-bond donors (Lipinski definition) is 2. The summed E-state index contributed by atoms with van der Waals surface area (Å²) in [6, 6.07) is 16.7. The van der Waals surface area contributed by atoms with Crippen molar-refractivity contribution in [2.75, 3.05) is 18.8 Å². The van der Waals surface area contributed by atoms with Crippen LogP contribution in [0.5, 0.6) is 0 Å². The van der Waals surface area contributed by atoms with Crippen molar-refractivity contribution in [1.82, 2.24) is 10.6 Å². The molecule has 0 atom stereocenters. The van der Waals surface area contributed by atoms with Crippen LogP contribution in [0, 0.1) is 10.1 Å². The van der Waals surface area contributed by atoms with Gasteiger partial charge in [0.15, 0.2) is 5.96 Å². The van der Waals surface area contributed by atoms with Crippen molar-refractivity contribution < 1.29 is 4.92 Å². The van der Waals surface area contributed by atoms with Crippen molar-refractivity contribution in [3.63, 3.8) is 0 Å². The van der Waals surface area contributed by atoms with Crippen LogP contribution in [0.25, 0.3) is 0 Å². The Hall–Kier alpha value is -1.81. The fraction of sp³-hybridized carbons (Fsp3) is 0.278. The predicted molar refractivity (Wildman–Crippen MR) is 118 cm³/mol. The first-order valence-electron chi connectivity index (χ1n) is 8.12. The fourth-order valence-corrected chi connectivity index (χ4v) is 2.88. The van der Waals surface area contributed by atoms with Crippen molar-refractivity contribution in [2.45, 2.75) is 18.4 Å². The number of benzene rings is 2. The molecular weight excluding hydrogens is 463 g/mol. The molecule has 2 rings (SSSR count). The number of nitro benzene ring substituents is 1. The number of nitro groups is 1. The number of non-ortho nitro benzene ring substituents is 1. The second-order valence-electron chi connectivity index (χ2n) is 5.21. The third-order valence-corrected chi connectivity index (χ3v) is 4.33. The Morgan fingerprint density at radius 1 is 1.12 bits per heavy atom. The largest absolute Gasteiger partial charge is 0.357 e. The summed E-state index contributed by atoms with van der Waals surface area (Å²) in [5, 5.41) is 17.2. The molecule has 2 aromatic rings. The molecule has 2 N–H and O–H groups in total. The Labute approximate surface area is 175 Å². The summed E-state index contributed by atoms with van der Waals surface area (Å²) in [6.07, 6.45) is 0. The highest BCUT2D eigenvalue weighted by Crippen LogP contribution is 2.15. The van der Waals surface area contributed by atoms with Crippen LogP contribution in [0.2, 0.25) is 0 Å². The minimum atomic E-state index is -0.400. The first-order chi connectivity index (χ1) is 12.2. The lowest BCUT2D eigenvalue weighted by atomic mass is 10.2. The highest BCUT2D eigenvalue weighted by molar-refractivity contribution is 14.0. The second-order valence-corrected chi connectivity index (χ2v) is 6.38. The van der Waals surface area contributed by atoms with Gasteiger partial charge in [0.2, 0.25) is 0 Å². The topological polar surface area (TPSA) is 79.6 Å². The number of guanidine groups is 1. The van der Waals surface area contributed by atoms with Gasteiger partial charge < -0.3 is 10.6 Å². The number of thioether (sulfide) groups is 1. The van der Waals surface area contributed by atoms with E-state index in [9.17, 15) is 10.1 Å². The molecule has 8 heteroatoms. The van der Waals surface area contributed by atoms with Crippen LogP contribution < -0.4 is 10.6 Å². The summed E-state index contributed by atoms with van der Waals surface area (Å²) in [4.78, 5) is 16.0. The van der Waals surface area contributed by atoms with Crippen LogP contribution in [-0.2, 0) is 6.54 Å². The smallest absolute Gasteiger partial charge is 0.269 e. The van der Waals surface area contributed by atoms with E-state index >= 15 is 0 Å². The van der Waals surface area contributed by atoms with Gasteiger partial charge in [0.05, 0.1) is 11.5 Å². The van der Waals surface area contributed by atoms with E-state index in [1.807, 2.05) is 25.1 Å². The van der Waals surface area contributed by atoms with Gasteiger partial charge >= 0.3 is 0 Å². The SMILES string of the molecule is CCNC(=NCc1ccc([N+](=O)[O-])cc1)NCCSc1ccccc1.I. The third kappa shape index (κ3) is 8.05. The molecule has 26 heavy (non-hydrogen) atoms. The summed E-state index contributed by atoms with van der Waals surface area (Å²) in [6.45, 7) is 4.06. The maximum Gasteiger partial charge on any atom is 0.269 e. The van der Waals surface area contributed by atoms with Crippen molar-refractivity contribution in [3.05, 3.63) is 70.3 Å². The van der Waals surface area contributed by atoms with Crippen LogP contribution in [0.1, 0.15) is 12.5 Å². The Bertz CT molecular complexity index is 696. The number of nitrogens with zero attached hydrogens (tertiary/aromatic N) is 2. The number of hydrogen-bond acceptors (Lipinski definition) is 4. The van der Waals surface area contributed by atoms with Crippen molar-refractivity contribution >= 4 is 47.4 Å². The lowest BCUT2D eigenvalue weighted by Crippen LogP contribution is -2.38. The van der Waals surface area contributed by atoms with Crippen LogP contribution in [0.3, 0.4) is 0 Å². The first-order valence-corrected chi connectivity index (χ1v) is 9.11. The molecule has 0 radical (unpaired) electrons. The summed E-state index contributed by atoms with van der Waals surface area (Å²) in [7, 11) is 0. The quantitative estimate of drug-likeness (QED) is 0.112. The molecule has 0 aromatic heterocycles. The van der Waals surface area contributed by atoms with E-state index in [1.165, 1.54) is 17.0 Å². The van der Waals surface area contributed by atoms with Gasteiger partial charge in [0.25, 0.3) is 5.69 Å². The Balaban J connectivity index is 0.00000338. The van der Waals surface area contributed by atoms with Gasteiger partial charge in [0, 0.05) is 35.9 Å². The van der Waals surface area contributed by atoms with Crippen LogP contribution in [0.4, 0.5) is 5.69 Å². The van der Waals surface area contributed by atoms with Gasteiger partial charge in [-0.05, 0) is 24.6 Å². The van der Waals surface area contributed by atoms with Gasteiger partial charge in [-0.1, -0.05) is 30.3 Å². The molecule has 0 spiro atoms. The van der Waals surface area contributed by atoms with Crippen molar-refractivity contribution in [1.29, 1.82) is 0 Å². The summed E-state index contributed by atoms with van der Waals surface area (Å²) >= 11 is 1.79. The summed E-state index contributed by atoms with van der Waals surface area (Å²) < 4.78 is 0. The molecule has 140 valence electrons. The van der Waals surface area contributed by atoms with E-state index in [0.717, 1.165) is 30.4 Å². The molecule has 0 bridgehead atoms. The maximum atomic E-state index is 10.7. The Morgan fingerprint density at radius 3 is 2.42 bits per heavy atom. The molecule has 0 saturated heterocycles. The standard InChI is InChI=1S/C18H22N4O2S.HI/c1-2-19-18(20-12-13-25-17-6-4-3-5-7-17)21-14-15-8-10-16(11-9-15)22(23)24;/h3-11H,2,12-14H2,1H3,(H2,19,20,21);1H. The van der Waals surface area contributed by atoms with E-state index in [-0.39, 0.29) is 29.7 Å². The first kappa shape index (κ1) is 22.2. The molecule has 0 heterocycles. The number of halogens is 1. The van der Waals surface area contributed by atoms with Crippen LogP contribution >= 0.6 is 35.7 Å². The zero-order chi connectivity index (χ0) is 17.9. The van der Waals surface area contributed by atoms with Crippen molar-refractivity contribution in [2.24, 2.45) is 4.99 Å². The van der Waals surface area contributed by atoms with E-state index in [4.69, 9.17) is 0 Å². The van der Waals surface area contributed by atoms with Gasteiger partial charge in [0.1, 0.15) is 0 Å². The molecule has 0 fully saturated rings. The minimum absolute atomic E-state index is 0. The molecule has 0 saturated carbocycles. The maximum absolute atomic E-state index is 10.7. The van der Waals surface area contributed by atoms with Crippen LogP contribution in [0.15, 0.2) is 64.5 Å². The monoisotopic (exact) mass is 486 g/mol. The molecule has 0 amide bonds. The lowest BCUT2D eigenvalue weighted by molar-refractivity contribution is -0.384. The van der Waals surface area contributed by atoms with Gasteiger partial charge in [-0.15, -0.1) is 35.7 Å². The average Bonchev–Trinajstić information content (AvgIpc) is 2.64. The second kappa shape index (κ2) is 12.5. The minimum Gasteiger partial charge on any atom is -0.357 e. The van der Waals surface area contributed by atoms with E-state index in [1.54, 1.807) is 23.9 Å². The molecular formula is C18H23IN4O2S. The van der Waals surface area contributed by atoms with Gasteiger partial charge in [-0.3, -0.25) is 10.1 Å².